The van der Waals surface area contributed by atoms with E-state index in [-0.39, 0.29) is 103 Å². The van der Waals surface area contributed by atoms with Gasteiger partial charge in [0.25, 0.3) is 5.56 Å². The minimum Gasteiger partial charge on any atom is -0.379 e. The number of Topliss-reactive ketones (excluding diaryl/α,β-unsaturated/α-hetero) is 1. The number of likely N-dealkylation sites (N-methyl/N-ethyl adjacent to an activating group) is 1. The molecule has 0 spiro atoms. The van der Waals surface area contributed by atoms with Gasteiger partial charge in [0.2, 0.25) is 29.4 Å². The van der Waals surface area contributed by atoms with Gasteiger partial charge in [-0.05, 0) is 107 Å². The average Bonchev–Trinajstić information content (AvgIpc) is 4.34. The SMILES string of the molecule is CC(=O)c1c(C)c2cnc(Cc3ccc(N4CCN(C(=O)CCOCCOCCC(=O)N(C)[C@@H](C)C(=O)N[C@H](C(=O)N5CCC[C@H]5c5nc(C(=O)c6ccc(F)cc6)cs5)C5CCCCC5)CC4)cn3)nc2n(C2CCCC2)c1=O. The maximum Gasteiger partial charge on any atom is 0.263 e. The second kappa shape index (κ2) is 26.6. The van der Waals surface area contributed by atoms with Crippen LogP contribution in [-0.4, -0.2) is 153 Å². The quantitative estimate of drug-likeness (QED) is 0.0547. The zero-order valence-electron chi connectivity index (χ0n) is 46.3. The van der Waals surface area contributed by atoms with E-state index in [1.54, 1.807) is 41.9 Å². The van der Waals surface area contributed by atoms with E-state index >= 15 is 0 Å². The highest BCUT2D eigenvalue weighted by molar-refractivity contribution is 7.10. The lowest BCUT2D eigenvalue weighted by atomic mass is 9.83. The number of aryl methyl sites for hydroxylation is 1. The second-order valence-corrected chi connectivity index (χ2v) is 22.5. The van der Waals surface area contributed by atoms with Crippen molar-refractivity contribution in [3.8, 4) is 0 Å². The highest BCUT2D eigenvalue weighted by Gasteiger charge is 2.41. The van der Waals surface area contributed by atoms with Crippen molar-refractivity contribution in [3.63, 3.8) is 0 Å². The Bertz CT molecular complexity index is 3100. The minimum atomic E-state index is -0.854. The summed E-state index contributed by atoms with van der Waals surface area (Å²) in [6.45, 7) is 8.59. The highest BCUT2D eigenvalue weighted by atomic mass is 32.1. The number of aromatic nitrogens is 5. The first-order valence-electron chi connectivity index (χ1n) is 28.3. The number of hydrogen-bond acceptors (Lipinski definition) is 15. The van der Waals surface area contributed by atoms with Gasteiger partial charge in [0.15, 0.2) is 5.78 Å². The number of pyridine rings is 2. The van der Waals surface area contributed by atoms with E-state index in [1.807, 2.05) is 23.2 Å². The number of fused-ring (bicyclic) bond motifs is 1. The number of ketones is 2. The van der Waals surface area contributed by atoms with Crippen molar-refractivity contribution in [1.82, 2.24) is 44.5 Å². The Kier molecular flexibility index (Phi) is 19.2. The zero-order valence-corrected chi connectivity index (χ0v) is 47.1. The molecular formula is C59H73FN10O9S. The van der Waals surface area contributed by atoms with Gasteiger partial charge in [-0.3, -0.25) is 43.1 Å². The molecule has 0 radical (unpaired) electrons. The number of thiazole rings is 1. The number of piperazine rings is 1. The molecule has 4 aliphatic rings. The normalized spacial score (nSPS) is 17.9. The van der Waals surface area contributed by atoms with Gasteiger partial charge < -0.3 is 34.4 Å². The summed E-state index contributed by atoms with van der Waals surface area (Å²) in [5.41, 5.74) is 3.41. The van der Waals surface area contributed by atoms with E-state index in [2.05, 4.69) is 20.2 Å². The van der Waals surface area contributed by atoms with E-state index in [0.29, 0.717) is 78.6 Å². The van der Waals surface area contributed by atoms with Crippen LogP contribution in [0.5, 0.6) is 0 Å². The monoisotopic (exact) mass is 1120 g/mol. The lowest BCUT2D eigenvalue weighted by Crippen LogP contribution is -2.56. The van der Waals surface area contributed by atoms with Gasteiger partial charge >= 0.3 is 0 Å². The van der Waals surface area contributed by atoms with Crippen molar-refractivity contribution in [1.29, 1.82) is 0 Å². The molecule has 5 aromatic rings. The number of amides is 4. The third-order valence-electron chi connectivity index (χ3n) is 16.5. The largest absolute Gasteiger partial charge is 0.379 e. The van der Waals surface area contributed by atoms with Crippen LogP contribution in [0.2, 0.25) is 0 Å². The van der Waals surface area contributed by atoms with Crippen molar-refractivity contribution in [2.45, 2.75) is 135 Å². The summed E-state index contributed by atoms with van der Waals surface area (Å²) in [7, 11) is 1.57. The summed E-state index contributed by atoms with van der Waals surface area (Å²) in [6, 6.07) is 7.31. The molecule has 80 heavy (non-hydrogen) atoms. The molecule has 1 N–H and O–H groups in total. The van der Waals surface area contributed by atoms with Crippen LogP contribution in [0.25, 0.3) is 11.0 Å². The lowest BCUT2D eigenvalue weighted by Gasteiger charge is -2.36. The van der Waals surface area contributed by atoms with E-state index in [0.717, 1.165) is 75.6 Å². The first kappa shape index (κ1) is 57.8. The first-order chi connectivity index (χ1) is 38.7. The number of anilines is 1. The van der Waals surface area contributed by atoms with Gasteiger partial charge in [-0.2, -0.15) is 0 Å². The van der Waals surface area contributed by atoms with Crippen LogP contribution >= 0.6 is 11.3 Å². The minimum absolute atomic E-state index is 0.00230. The molecule has 426 valence electrons. The van der Waals surface area contributed by atoms with Crippen LogP contribution in [0.3, 0.4) is 0 Å². The lowest BCUT2D eigenvalue weighted by molar-refractivity contribution is -0.143. The van der Waals surface area contributed by atoms with Gasteiger partial charge in [0, 0.05) is 74.0 Å². The molecule has 2 aliphatic carbocycles. The topological polar surface area (TPSA) is 219 Å². The van der Waals surface area contributed by atoms with E-state index in [1.165, 1.54) is 47.4 Å². The number of carbonyl (C=O) groups excluding carboxylic acids is 6. The molecule has 6 heterocycles. The molecule has 3 atom stereocenters. The standard InChI is InChI=1S/C59H73FN10O9S/c1-37-46-35-62-49(64-55(46)70(44-13-8-9-14-44)58(76)52(37)39(3)71)33-43-20-21-45(34-61-43)67-25-27-68(28-26-67)51(73)23-30-79-32-31-78-29-22-50(72)66(4)38(2)56(75)65-53(40-11-6-5-7-12-40)59(77)69-24-10-15-48(69)57-63-47(36-80-57)54(74)41-16-18-42(60)19-17-41/h16-21,34-36,38,40,44,48,53H,5-15,22-33H2,1-4H3,(H,65,75)/t38-,48-,53-/m0/s1. The molecule has 2 saturated heterocycles. The molecule has 2 aliphatic heterocycles. The molecule has 0 unspecified atom stereocenters. The molecule has 9 rings (SSSR count). The highest BCUT2D eigenvalue weighted by Crippen LogP contribution is 2.37. The number of hydrogen-bond donors (Lipinski definition) is 1. The molecule has 4 fully saturated rings. The number of benzene rings is 1. The zero-order chi connectivity index (χ0) is 56.5. The predicted molar refractivity (Wildman–Crippen MR) is 299 cm³/mol. The van der Waals surface area contributed by atoms with Crippen molar-refractivity contribution in [3.05, 3.63) is 109 Å². The fraction of sp³-hybridized carbons (Fsp3) is 0.542. The van der Waals surface area contributed by atoms with Crippen molar-refractivity contribution in [2.24, 2.45) is 5.92 Å². The molecule has 4 amide bonds. The van der Waals surface area contributed by atoms with Crippen LogP contribution in [-0.2, 0) is 35.1 Å². The Morgan fingerprint density at radius 2 is 1.51 bits per heavy atom. The fourth-order valence-electron chi connectivity index (χ4n) is 11.7. The van der Waals surface area contributed by atoms with E-state index < -0.39 is 23.8 Å². The Morgan fingerprint density at radius 1 is 0.812 bits per heavy atom. The van der Waals surface area contributed by atoms with Crippen molar-refractivity contribution in [2.75, 3.05) is 71.1 Å². The third kappa shape index (κ3) is 13.5. The summed E-state index contributed by atoms with van der Waals surface area (Å²) < 4.78 is 26.6. The Balaban J connectivity index is 0.669. The van der Waals surface area contributed by atoms with Gasteiger partial charge in [-0.25, -0.2) is 19.3 Å². The number of rotatable bonds is 22. The molecule has 2 saturated carbocycles. The van der Waals surface area contributed by atoms with E-state index in [4.69, 9.17) is 19.4 Å². The molecule has 1 aromatic carbocycles. The summed E-state index contributed by atoms with van der Waals surface area (Å²) in [5, 5.41) is 6.08. The summed E-state index contributed by atoms with van der Waals surface area (Å²) in [6.07, 6.45) is 14.0. The van der Waals surface area contributed by atoms with E-state index in [9.17, 15) is 38.0 Å². The fourth-order valence-corrected chi connectivity index (χ4v) is 12.6. The van der Waals surface area contributed by atoms with Gasteiger partial charge in [-0.15, -0.1) is 11.3 Å². The average molecular weight is 1120 g/mol. The summed E-state index contributed by atoms with van der Waals surface area (Å²) in [4.78, 5) is 120. The number of likely N-dealkylation sites (tertiary alicyclic amines) is 1. The number of ether oxygens (including phenoxy) is 2. The molecule has 0 bridgehead atoms. The molecular weight excluding hydrogens is 1040 g/mol. The molecule has 19 nitrogen and oxygen atoms in total. The Labute approximate surface area is 469 Å². The predicted octanol–water partition coefficient (Wildman–Crippen LogP) is 6.97. The summed E-state index contributed by atoms with van der Waals surface area (Å²) >= 11 is 1.31. The Morgan fingerprint density at radius 3 is 2.20 bits per heavy atom. The molecule has 4 aromatic heterocycles. The maximum atomic E-state index is 14.5. The van der Waals surface area contributed by atoms with Crippen LogP contribution in [0.4, 0.5) is 10.1 Å². The maximum absolute atomic E-state index is 14.5. The second-order valence-electron chi connectivity index (χ2n) is 21.6. The van der Waals surface area contributed by atoms with Gasteiger partial charge in [0.05, 0.1) is 69.2 Å². The van der Waals surface area contributed by atoms with Crippen LogP contribution in [0.1, 0.15) is 158 Å². The van der Waals surface area contributed by atoms with Gasteiger partial charge in [-0.1, -0.05) is 32.1 Å². The Hall–Kier alpha value is -6.84. The van der Waals surface area contributed by atoms with Crippen LogP contribution < -0.4 is 15.8 Å². The third-order valence-corrected chi connectivity index (χ3v) is 17.4. The number of carbonyl (C=O) groups is 6. The smallest absolute Gasteiger partial charge is 0.263 e. The number of nitrogens with zero attached hydrogens (tertiary/aromatic N) is 9. The number of halogens is 1. The first-order valence-corrected chi connectivity index (χ1v) is 29.2. The van der Waals surface area contributed by atoms with Crippen LogP contribution in [0.15, 0.2) is 59.0 Å². The van der Waals surface area contributed by atoms with Crippen molar-refractivity contribution >= 4 is 63.3 Å². The van der Waals surface area contributed by atoms with Crippen LogP contribution in [0, 0.1) is 18.7 Å². The number of nitrogens with one attached hydrogen (secondary N) is 1. The summed E-state index contributed by atoms with van der Waals surface area (Å²) in [5.74, 6) is -1.41. The van der Waals surface area contributed by atoms with Crippen molar-refractivity contribution < 1.29 is 42.6 Å². The van der Waals surface area contributed by atoms with Gasteiger partial charge in [0.1, 0.15) is 40.1 Å². The molecule has 21 heteroatoms.